The van der Waals surface area contributed by atoms with Crippen molar-refractivity contribution in [1.29, 1.82) is 0 Å². The molecule has 0 unspecified atom stereocenters. The van der Waals surface area contributed by atoms with E-state index in [0.717, 1.165) is 37.2 Å². The molecule has 2 atom stereocenters. The van der Waals surface area contributed by atoms with Crippen LogP contribution < -0.4 is 4.90 Å². The number of rotatable bonds is 5. The third kappa shape index (κ3) is 6.17. The van der Waals surface area contributed by atoms with E-state index in [1.165, 1.54) is 0 Å². The molecule has 0 aromatic heterocycles. The van der Waals surface area contributed by atoms with Crippen LogP contribution in [0.5, 0.6) is 0 Å². The zero-order chi connectivity index (χ0) is 23.7. The summed E-state index contributed by atoms with van der Waals surface area (Å²) in [6.45, 7) is 12.2. The Balaban J connectivity index is 1.55. The second-order valence-electron chi connectivity index (χ2n) is 10.3. The number of sulfone groups is 1. The summed E-state index contributed by atoms with van der Waals surface area (Å²) in [7, 11) is -3.14. The van der Waals surface area contributed by atoms with Gasteiger partial charge in [-0.25, -0.2) is 8.42 Å². The molecule has 0 saturated carbocycles. The van der Waals surface area contributed by atoms with Gasteiger partial charge in [0.05, 0.1) is 39.8 Å². The highest BCUT2D eigenvalue weighted by Crippen LogP contribution is 2.30. The van der Waals surface area contributed by atoms with Crippen LogP contribution in [0.25, 0.3) is 0 Å². The van der Waals surface area contributed by atoms with Gasteiger partial charge in [0, 0.05) is 26.2 Å². The molecule has 180 valence electrons. The lowest BCUT2D eigenvalue weighted by molar-refractivity contribution is -0.131. The topological polar surface area (TPSA) is 66.9 Å². The van der Waals surface area contributed by atoms with E-state index < -0.39 is 14.6 Å². The van der Waals surface area contributed by atoms with Gasteiger partial charge in [-0.1, -0.05) is 17.7 Å². The molecule has 2 heterocycles. The molecule has 1 aromatic carbocycles. The largest absolute Gasteiger partial charge is 0.372 e. The number of ether oxygens (including phenoxy) is 1. The molecule has 0 bridgehead atoms. The van der Waals surface area contributed by atoms with Gasteiger partial charge in [0.1, 0.15) is 0 Å². The monoisotopic (exact) mass is 484 g/mol. The van der Waals surface area contributed by atoms with Gasteiger partial charge in [0.2, 0.25) is 5.91 Å². The molecule has 0 spiro atoms. The van der Waals surface area contributed by atoms with Crippen LogP contribution in [0.1, 0.15) is 53.0 Å². The Labute approximate surface area is 198 Å². The summed E-state index contributed by atoms with van der Waals surface area (Å²) in [5.74, 6) is 0.392. The fourth-order valence-electron chi connectivity index (χ4n) is 4.49. The van der Waals surface area contributed by atoms with Crippen molar-refractivity contribution in [2.75, 3.05) is 36.8 Å². The van der Waals surface area contributed by atoms with E-state index >= 15 is 0 Å². The Kier molecular flexibility index (Phi) is 7.83. The van der Waals surface area contributed by atoms with Crippen LogP contribution in [0.3, 0.4) is 0 Å². The van der Waals surface area contributed by atoms with Gasteiger partial charge in [-0.05, 0) is 71.1 Å². The van der Waals surface area contributed by atoms with E-state index in [9.17, 15) is 13.2 Å². The highest BCUT2D eigenvalue weighted by molar-refractivity contribution is 7.92. The van der Waals surface area contributed by atoms with E-state index in [0.29, 0.717) is 24.5 Å². The number of anilines is 1. The molecule has 8 heteroatoms. The first-order valence-electron chi connectivity index (χ1n) is 11.5. The van der Waals surface area contributed by atoms with Gasteiger partial charge in [0.15, 0.2) is 9.84 Å². The predicted octanol–water partition coefficient (Wildman–Crippen LogP) is 3.95. The molecular formula is C24H37ClN2O4S. The minimum atomic E-state index is -3.14. The molecule has 1 amide bonds. The lowest BCUT2D eigenvalue weighted by Gasteiger charge is -2.37. The molecule has 0 N–H and O–H groups in total. The molecule has 3 rings (SSSR count). The van der Waals surface area contributed by atoms with Crippen molar-refractivity contribution in [2.45, 2.75) is 70.8 Å². The molecule has 6 nitrogen and oxygen atoms in total. The Morgan fingerprint density at radius 1 is 1.12 bits per heavy atom. The van der Waals surface area contributed by atoms with Crippen LogP contribution in [-0.4, -0.2) is 68.1 Å². The summed E-state index contributed by atoms with van der Waals surface area (Å²) < 4.78 is 30.0. The number of piperidine rings is 1. The van der Waals surface area contributed by atoms with E-state index in [1.807, 2.05) is 23.1 Å². The molecular weight excluding hydrogens is 448 g/mol. The molecule has 2 saturated heterocycles. The van der Waals surface area contributed by atoms with Crippen LogP contribution in [0, 0.1) is 5.92 Å². The SMILES string of the molecule is C[C@@H]1CN(c2ccc(CC(=O)N3CCC(CS(=O)(=O)C(C)(C)C)CC3)cc2Cl)C[C@H](C)O1. The van der Waals surface area contributed by atoms with Crippen LogP contribution in [-0.2, 0) is 25.8 Å². The van der Waals surface area contributed by atoms with Crippen LogP contribution >= 0.6 is 11.6 Å². The molecule has 2 fully saturated rings. The third-order valence-corrected chi connectivity index (χ3v) is 9.56. The molecule has 2 aliphatic rings. The van der Waals surface area contributed by atoms with Crippen molar-refractivity contribution < 1.29 is 17.9 Å². The number of morpholine rings is 1. The zero-order valence-corrected chi connectivity index (χ0v) is 21.5. The Bertz CT molecular complexity index is 910. The number of nitrogens with zero attached hydrogens (tertiary/aromatic N) is 2. The second kappa shape index (κ2) is 9.90. The maximum Gasteiger partial charge on any atom is 0.226 e. The average Bonchev–Trinajstić information content (AvgIpc) is 2.66. The van der Waals surface area contributed by atoms with Gasteiger partial charge >= 0.3 is 0 Å². The fraction of sp³-hybridized carbons (Fsp3) is 0.708. The zero-order valence-electron chi connectivity index (χ0n) is 19.9. The normalized spacial score (nSPS) is 23.4. The first-order valence-corrected chi connectivity index (χ1v) is 13.6. The summed E-state index contributed by atoms with van der Waals surface area (Å²) in [4.78, 5) is 16.9. The summed E-state index contributed by atoms with van der Waals surface area (Å²) in [5.41, 5.74) is 1.88. The van der Waals surface area contributed by atoms with Crippen molar-refractivity contribution in [2.24, 2.45) is 5.92 Å². The number of halogens is 1. The lowest BCUT2D eigenvalue weighted by atomic mass is 9.98. The van der Waals surface area contributed by atoms with E-state index in [1.54, 1.807) is 20.8 Å². The number of likely N-dealkylation sites (tertiary alicyclic amines) is 1. The van der Waals surface area contributed by atoms with Crippen molar-refractivity contribution in [3.05, 3.63) is 28.8 Å². The van der Waals surface area contributed by atoms with Crippen molar-refractivity contribution >= 4 is 33.0 Å². The van der Waals surface area contributed by atoms with Crippen molar-refractivity contribution in [3.8, 4) is 0 Å². The number of carbonyl (C=O) groups is 1. The standard InChI is InChI=1S/C24H37ClN2O4S/c1-17-14-27(15-18(2)31-17)22-7-6-20(12-21(22)25)13-23(28)26-10-8-19(9-11-26)16-32(29,30)24(3,4)5/h6-7,12,17-19H,8-11,13-16H2,1-5H3/t17-,18+. The quantitative estimate of drug-likeness (QED) is 0.633. The van der Waals surface area contributed by atoms with E-state index in [4.69, 9.17) is 16.3 Å². The highest BCUT2D eigenvalue weighted by Gasteiger charge is 2.33. The number of amides is 1. The van der Waals surface area contributed by atoms with Gasteiger partial charge in [-0.3, -0.25) is 4.79 Å². The third-order valence-electron chi connectivity index (χ3n) is 6.48. The van der Waals surface area contributed by atoms with Gasteiger partial charge in [-0.2, -0.15) is 0 Å². The Hall–Kier alpha value is -1.31. The highest BCUT2D eigenvalue weighted by atomic mass is 35.5. The van der Waals surface area contributed by atoms with Gasteiger partial charge in [0.25, 0.3) is 0 Å². The minimum Gasteiger partial charge on any atom is -0.372 e. The fourth-order valence-corrected chi connectivity index (χ4v) is 6.26. The molecule has 2 aliphatic heterocycles. The molecule has 32 heavy (non-hydrogen) atoms. The average molecular weight is 485 g/mol. The summed E-state index contributed by atoms with van der Waals surface area (Å²) >= 11 is 6.58. The maximum absolute atomic E-state index is 12.8. The molecule has 1 aromatic rings. The smallest absolute Gasteiger partial charge is 0.226 e. The summed E-state index contributed by atoms with van der Waals surface area (Å²) in [6, 6.07) is 5.87. The van der Waals surface area contributed by atoms with Crippen molar-refractivity contribution in [1.82, 2.24) is 4.90 Å². The summed E-state index contributed by atoms with van der Waals surface area (Å²) in [6.07, 6.45) is 2.07. The van der Waals surface area contributed by atoms with Crippen molar-refractivity contribution in [3.63, 3.8) is 0 Å². The number of benzene rings is 1. The van der Waals surface area contributed by atoms with Gasteiger partial charge in [-0.15, -0.1) is 0 Å². The van der Waals surface area contributed by atoms with Crippen LogP contribution in [0.4, 0.5) is 5.69 Å². The summed E-state index contributed by atoms with van der Waals surface area (Å²) in [5, 5.41) is 0.655. The number of hydrogen-bond donors (Lipinski definition) is 0. The van der Waals surface area contributed by atoms with E-state index in [-0.39, 0.29) is 29.8 Å². The Morgan fingerprint density at radius 3 is 2.25 bits per heavy atom. The number of carbonyl (C=O) groups excluding carboxylic acids is 1. The van der Waals surface area contributed by atoms with Gasteiger partial charge < -0.3 is 14.5 Å². The second-order valence-corrected chi connectivity index (χ2v) is 13.5. The van der Waals surface area contributed by atoms with E-state index in [2.05, 4.69) is 18.7 Å². The number of hydrogen-bond acceptors (Lipinski definition) is 5. The first-order chi connectivity index (χ1) is 14.9. The predicted molar refractivity (Wildman–Crippen MR) is 130 cm³/mol. The molecule has 0 radical (unpaired) electrons. The Morgan fingerprint density at radius 2 is 1.72 bits per heavy atom. The molecule has 0 aliphatic carbocycles. The minimum absolute atomic E-state index is 0.0690. The lowest BCUT2D eigenvalue weighted by Crippen LogP contribution is -2.45. The maximum atomic E-state index is 12.8. The van der Waals surface area contributed by atoms with Crippen LogP contribution in [0.2, 0.25) is 5.02 Å². The van der Waals surface area contributed by atoms with Crippen LogP contribution in [0.15, 0.2) is 18.2 Å². The first kappa shape index (κ1) is 25.3.